The van der Waals surface area contributed by atoms with Gasteiger partial charge in [-0.15, -0.1) is 0 Å². The molecule has 0 aliphatic carbocycles. The summed E-state index contributed by atoms with van der Waals surface area (Å²) in [6, 6.07) is 15.9. The van der Waals surface area contributed by atoms with Gasteiger partial charge in [0.05, 0.1) is 0 Å². The molecular formula is C23H28BrN3O2. The van der Waals surface area contributed by atoms with E-state index in [1.54, 1.807) is 12.1 Å². The lowest BCUT2D eigenvalue weighted by molar-refractivity contribution is -0.121. The van der Waals surface area contributed by atoms with E-state index in [0.29, 0.717) is 12.1 Å². The van der Waals surface area contributed by atoms with Gasteiger partial charge in [-0.2, -0.15) is 0 Å². The van der Waals surface area contributed by atoms with Gasteiger partial charge in [-0.3, -0.25) is 14.5 Å². The lowest BCUT2D eigenvalue weighted by atomic mass is 10.1. The van der Waals surface area contributed by atoms with Gasteiger partial charge in [0.25, 0.3) is 0 Å². The zero-order valence-electron chi connectivity index (χ0n) is 16.9. The van der Waals surface area contributed by atoms with Crippen LogP contribution >= 0.6 is 15.9 Å². The Labute approximate surface area is 181 Å². The van der Waals surface area contributed by atoms with E-state index in [9.17, 15) is 9.59 Å². The van der Waals surface area contributed by atoms with Crippen molar-refractivity contribution < 1.29 is 9.59 Å². The number of nitrogens with one attached hydrogen (secondary N) is 1. The largest absolute Gasteiger partial charge is 0.369 e. The molecule has 2 aromatic carbocycles. The van der Waals surface area contributed by atoms with Crippen molar-refractivity contribution in [2.45, 2.75) is 19.8 Å². The highest BCUT2D eigenvalue weighted by molar-refractivity contribution is 9.10. The van der Waals surface area contributed by atoms with Crippen LogP contribution in [0.15, 0.2) is 53.0 Å². The highest BCUT2D eigenvalue weighted by Crippen LogP contribution is 2.17. The second-order valence-electron chi connectivity index (χ2n) is 7.45. The van der Waals surface area contributed by atoms with Gasteiger partial charge in [0, 0.05) is 67.8 Å². The number of hydrogen-bond acceptors (Lipinski definition) is 4. The summed E-state index contributed by atoms with van der Waals surface area (Å²) in [6.45, 7) is 7.56. The molecule has 1 fully saturated rings. The molecule has 0 aromatic heterocycles. The molecule has 29 heavy (non-hydrogen) atoms. The molecule has 0 radical (unpaired) electrons. The van der Waals surface area contributed by atoms with Gasteiger partial charge in [-0.1, -0.05) is 40.2 Å². The number of rotatable bonds is 8. The SMILES string of the molecule is Cc1cccc(N2CCN(CCNC(=O)CCC(=O)c3ccc(Br)cc3)CC2)c1. The van der Waals surface area contributed by atoms with Gasteiger partial charge in [0.15, 0.2) is 5.78 Å². The number of aryl methyl sites for hydroxylation is 1. The number of benzene rings is 2. The number of ketones is 1. The molecular weight excluding hydrogens is 430 g/mol. The molecule has 0 spiro atoms. The average molecular weight is 458 g/mol. The van der Waals surface area contributed by atoms with E-state index in [4.69, 9.17) is 0 Å². The van der Waals surface area contributed by atoms with Crippen molar-refractivity contribution in [3.63, 3.8) is 0 Å². The molecule has 0 atom stereocenters. The van der Waals surface area contributed by atoms with Crippen LogP contribution in [-0.4, -0.2) is 55.9 Å². The number of carbonyl (C=O) groups excluding carboxylic acids is 2. The summed E-state index contributed by atoms with van der Waals surface area (Å²) < 4.78 is 0.937. The lowest BCUT2D eigenvalue weighted by Crippen LogP contribution is -2.48. The van der Waals surface area contributed by atoms with E-state index >= 15 is 0 Å². The van der Waals surface area contributed by atoms with Crippen molar-refractivity contribution in [2.24, 2.45) is 0 Å². The maximum Gasteiger partial charge on any atom is 0.220 e. The molecule has 5 nitrogen and oxygen atoms in total. The quantitative estimate of drug-likeness (QED) is 0.614. The van der Waals surface area contributed by atoms with Crippen molar-refractivity contribution in [3.8, 4) is 0 Å². The smallest absolute Gasteiger partial charge is 0.220 e. The first-order chi connectivity index (χ1) is 14.0. The predicted octanol–water partition coefficient (Wildman–Crippen LogP) is 3.66. The second-order valence-corrected chi connectivity index (χ2v) is 8.36. The highest BCUT2D eigenvalue weighted by Gasteiger charge is 2.17. The fourth-order valence-corrected chi connectivity index (χ4v) is 3.77. The molecule has 1 aliphatic rings. The van der Waals surface area contributed by atoms with Crippen molar-refractivity contribution in [1.29, 1.82) is 0 Å². The van der Waals surface area contributed by atoms with Crippen molar-refractivity contribution in [2.75, 3.05) is 44.2 Å². The molecule has 1 heterocycles. The average Bonchev–Trinajstić information content (AvgIpc) is 2.73. The summed E-state index contributed by atoms with van der Waals surface area (Å²) >= 11 is 3.35. The van der Waals surface area contributed by atoms with Crippen LogP contribution in [0, 0.1) is 6.92 Å². The van der Waals surface area contributed by atoms with Crippen LogP contribution in [0.25, 0.3) is 0 Å². The summed E-state index contributed by atoms with van der Waals surface area (Å²) in [5.74, 6) is -0.0613. The van der Waals surface area contributed by atoms with Gasteiger partial charge in [-0.05, 0) is 36.8 Å². The van der Waals surface area contributed by atoms with E-state index in [1.165, 1.54) is 11.3 Å². The first kappa shape index (κ1) is 21.5. The molecule has 1 aliphatic heterocycles. The van der Waals surface area contributed by atoms with E-state index < -0.39 is 0 Å². The van der Waals surface area contributed by atoms with Crippen LogP contribution in [0.4, 0.5) is 5.69 Å². The van der Waals surface area contributed by atoms with Crippen molar-refractivity contribution >= 4 is 33.3 Å². The minimum Gasteiger partial charge on any atom is -0.369 e. The Balaban J connectivity index is 1.31. The Morgan fingerprint density at radius 3 is 2.41 bits per heavy atom. The number of Topliss-reactive ketones (excluding diaryl/α,β-unsaturated/α-hetero) is 1. The van der Waals surface area contributed by atoms with Gasteiger partial charge in [0.2, 0.25) is 5.91 Å². The standard InChI is InChI=1S/C23H28BrN3O2/c1-18-3-2-4-21(17-18)27-15-13-26(14-16-27)12-11-25-23(29)10-9-22(28)19-5-7-20(24)8-6-19/h2-8,17H,9-16H2,1H3,(H,25,29). The van der Waals surface area contributed by atoms with Gasteiger partial charge < -0.3 is 10.2 Å². The summed E-state index contributed by atoms with van der Waals surface area (Å²) in [7, 11) is 0. The Kier molecular flexibility index (Phi) is 7.83. The number of anilines is 1. The van der Waals surface area contributed by atoms with Crippen molar-refractivity contribution in [1.82, 2.24) is 10.2 Å². The number of piperazine rings is 1. The minimum atomic E-state index is -0.0612. The number of hydrogen-bond donors (Lipinski definition) is 1. The summed E-state index contributed by atoms with van der Waals surface area (Å²) in [6.07, 6.45) is 0.471. The van der Waals surface area contributed by atoms with Crippen LogP contribution in [0.3, 0.4) is 0 Å². The maximum absolute atomic E-state index is 12.1. The summed E-state index contributed by atoms with van der Waals surface area (Å²) in [5, 5.41) is 2.94. The Hall–Kier alpha value is -2.18. The first-order valence-corrected chi connectivity index (χ1v) is 10.9. The van der Waals surface area contributed by atoms with Crippen molar-refractivity contribution in [3.05, 3.63) is 64.1 Å². The zero-order valence-corrected chi connectivity index (χ0v) is 18.5. The molecule has 0 saturated carbocycles. The molecule has 2 aromatic rings. The highest BCUT2D eigenvalue weighted by atomic mass is 79.9. The molecule has 0 bridgehead atoms. The van der Waals surface area contributed by atoms with Crippen LogP contribution in [0.5, 0.6) is 0 Å². The Morgan fingerprint density at radius 2 is 1.72 bits per heavy atom. The van der Waals surface area contributed by atoms with Crippen LogP contribution in [0.1, 0.15) is 28.8 Å². The third kappa shape index (κ3) is 6.68. The molecule has 0 unspecified atom stereocenters. The molecule has 6 heteroatoms. The second kappa shape index (κ2) is 10.6. The first-order valence-electron chi connectivity index (χ1n) is 10.1. The normalized spacial score (nSPS) is 14.6. The predicted molar refractivity (Wildman–Crippen MR) is 121 cm³/mol. The van der Waals surface area contributed by atoms with Gasteiger partial charge >= 0.3 is 0 Å². The molecule has 1 saturated heterocycles. The van der Waals surface area contributed by atoms with Gasteiger partial charge in [-0.25, -0.2) is 0 Å². The minimum absolute atomic E-state index is 0.0000735. The number of halogens is 1. The molecule has 3 rings (SSSR count). The van der Waals surface area contributed by atoms with Crippen LogP contribution < -0.4 is 10.2 Å². The maximum atomic E-state index is 12.1. The zero-order chi connectivity index (χ0) is 20.6. The number of carbonyl (C=O) groups is 2. The fourth-order valence-electron chi connectivity index (χ4n) is 3.50. The topological polar surface area (TPSA) is 52.6 Å². The van der Waals surface area contributed by atoms with E-state index in [2.05, 4.69) is 62.2 Å². The van der Waals surface area contributed by atoms with Crippen LogP contribution in [-0.2, 0) is 4.79 Å². The van der Waals surface area contributed by atoms with E-state index in [0.717, 1.165) is 37.2 Å². The lowest BCUT2D eigenvalue weighted by Gasteiger charge is -2.36. The Bertz CT molecular complexity index is 830. The third-order valence-corrected chi connectivity index (χ3v) is 5.76. The summed E-state index contributed by atoms with van der Waals surface area (Å²) in [5.41, 5.74) is 3.21. The molecule has 1 N–H and O–H groups in total. The third-order valence-electron chi connectivity index (χ3n) is 5.23. The number of amides is 1. The molecule has 154 valence electrons. The van der Waals surface area contributed by atoms with E-state index in [1.807, 2.05) is 12.1 Å². The number of nitrogens with zero attached hydrogens (tertiary/aromatic N) is 2. The van der Waals surface area contributed by atoms with Gasteiger partial charge in [0.1, 0.15) is 0 Å². The monoisotopic (exact) mass is 457 g/mol. The van der Waals surface area contributed by atoms with Crippen LogP contribution in [0.2, 0.25) is 0 Å². The molecule has 1 amide bonds. The fraction of sp³-hybridized carbons (Fsp3) is 0.391. The van der Waals surface area contributed by atoms with E-state index in [-0.39, 0.29) is 24.5 Å². The summed E-state index contributed by atoms with van der Waals surface area (Å²) in [4.78, 5) is 29.0. The Morgan fingerprint density at radius 1 is 1.00 bits per heavy atom.